The zero-order valence-electron chi connectivity index (χ0n) is 19.3. The monoisotopic (exact) mass is 500 g/mol. The average molecular weight is 501 g/mol. The molecule has 2 aliphatic rings. The van der Waals surface area contributed by atoms with Crippen LogP contribution in [0, 0.1) is 0 Å². The molecule has 1 N–H and O–H groups in total. The van der Waals surface area contributed by atoms with Gasteiger partial charge in [-0.2, -0.15) is 0 Å². The molecule has 1 unspecified atom stereocenters. The molecular formula is C28H24N2O5S. The van der Waals surface area contributed by atoms with E-state index in [1.807, 2.05) is 91.0 Å². The van der Waals surface area contributed by atoms with Crippen LogP contribution in [0.5, 0.6) is 0 Å². The second kappa shape index (κ2) is 10.4. The van der Waals surface area contributed by atoms with Crippen LogP contribution in [0.25, 0.3) is 0 Å². The summed E-state index contributed by atoms with van der Waals surface area (Å²) in [6.07, 6.45) is -0.583. The minimum Gasteiger partial charge on any atom is -0.451 e. The standard InChI is InChI=1S/C28H24N2O5S/c31-21-17-36-27-23(29-22(32)16-18-10-4-1-5-11-18)26(33)30(27)24(21)28(34)35-25(19-12-6-2-7-13-19)20-14-8-3-9-15-20/h1-15,23-25,27H,16-17H2,(H,29,32)/t23-,24?,27-/m1/s1. The summed E-state index contributed by atoms with van der Waals surface area (Å²) in [5.41, 5.74) is 2.35. The van der Waals surface area contributed by atoms with Crippen molar-refractivity contribution in [1.29, 1.82) is 0 Å². The van der Waals surface area contributed by atoms with E-state index >= 15 is 0 Å². The molecule has 3 atom stereocenters. The molecule has 3 aromatic carbocycles. The van der Waals surface area contributed by atoms with Crippen LogP contribution in [-0.4, -0.2) is 51.7 Å². The van der Waals surface area contributed by atoms with Crippen LogP contribution in [0.1, 0.15) is 22.8 Å². The molecular weight excluding hydrogens is 476 g/mol. The fourth-order valence-electron chi connectivity index (χ4n) is 4.49. The number of amides is 2. The maximum Gasteiger partial charge on any atom is 0.337 e. The molecule has 0 aliphatic carbocycles. The van der Waals surface area contributed by atoms with Crippen molar-refractivity contribution in [3.8, 4) is 0 Å². The lowest BCUT2D eigenvalue weighted by molar-refractivity contribution is -0.170. The Labute approximate surface area is 212 Å². The molecule has 3 aromatic rings. The van der Waals surface area contributed by atoms with Gasteiger partial charge < -0.3 is 15.0 Å². The Morgan fingerprint density at radius 1 is 0.889 bits per heavy atom. The number of benzene rings is 3. The van der Waals surface area contributed by atoms with E-state index in [-0.39, 0.29) is 23.9 Å². The first-order valence-electron chi connectivity index (χ1n) is 11.6. The van der Waals surface area contributed by atoms with E-state index < -0.39 is 35.4 Å². The average Bonchev–Trinajstić information content (AvgIpc) is 2.91. The Hall–Kier alpha value is -3.91. The van der Waals surface area contributed by atoms with E-state index in [0.29, 0.717) is 0 Å². The molecule has 2 fully saturated rings. The number of hydrogen-bond acceptors (Lipinski definition) is 6. The summed E-state index contributed by atoms with van der Waals surface area (Å²) in [7, 11) is 0. The van der Waals surface area contributed by atoms with Crippen LogP contribution in [-0.2, 0) is 30.3 Å². The van der Waals surface area contributed by atoms with Crippen molar-refractivity contribution in [2.24, 2.45) is 0 Å². The van der Waals surface area contributed by atoms with Gasteiger partial charge in [-0.05, 0) is 16.7 Å². The number of fused-ring (bicyclic) bond motifs is 1. The summed E-state index contributed by atoms with van der Waals surface area (Å²) < 4.78 is 5.88. The minimum atomic E-state index is -1.33. The number of Topliss-reactive ketones (excluding diaryl/α,β-unsaturated/α-hetero) is 1. The second-order valence-electron chi connectivity index (χ2n) is 8.66. The Bertz CT molecular complexity index is 1230. The first-order chi connectivity index (χ1) is 17.5. The SMILES string of the molecule is O=C(Cc1ccccc1)N[C@@H]1C(=O)N2C(C(=O)OC(c3ccccc3)c3ccccc3)C(=O)CS[C@H]12. The minimum absolute atomic E-state index is 0.0562. The van der Waals surface area contributed by atoms with Gasteiger partial charge in [-0.25, -0.2) is 4.79 Å². The molecule has 2 heterocycles. The lowest BCUT2D eigenvalue weighted by Crippen LogP contribution is -2.76. The number of thioether (sulfide) groups is 1. The lowest BCUT2D eigenvalue weighted by Gasteiger charge is -2.51. The lowest BCUT2D eigenvalue weighted by atomic mass is 9.99. The van der Waals surface area contributed by atoms with Crippen LogP contribution < -0.4 is 5.32 Å². The molecule has 7 nitrogen and oxygen atoms in total. The number of rotatable bonds is 7. The highest BCUT2D eigenvalue weighted by Crippen LogP contribution is 2.38. The zero-order valence-corrected chi connectivity index (χ0v) is 20.1. The zero-order chi connectivity index (χ0) is 25.1. The molecule has 2 saturated heterocycles. The van der Waals surface area contributed by atoms with Gasteiger partial charge in [-0.1, -0.05) is 91.0 Å². The molecule has 5 rings (SSSR count). The van der Waals surface area contributed by atoms with Crippen molar-refractivity contribution in [1.82, 2.24) is 10.2 Å². The predicted molar refractivity (Wildman–Crippen MR) is 135 cm³/mol. The molecule has 2 aliphatic heterocycles. The summed E-state index contributed by atoms with van der Waals surface area (Å²) in [5, 5.41) is 2.27. The topological polar surface area (TPSA) is 92.8 Å². The number of ketones is 1. The normalized spacial score (nSPS) is 20.9. The smallest absolute Gasteiger partial charge is 0.337 e. The second-order valence-corrected chi connectivity index (χ2v) is 9.77. The highest BCUT2D eigenvalue weighted by molar-refractivity contribution is 8.00. The van der Waals surface area contributed by atoms with E-state index in [0.717, 1.165) is 16.7 Å². The number of β-lactam (4-membered cyclic amide) rings is 1. The summed E-state index contributed by atoms with van der Waals surface area (Å²) >= 11 is 1.25. The maximum absolute atomic E-state index is 13.3. The third kappa shape index (κ3) is 4.77. The number of nitrogens with one attached hydrogen (secondary N) is 1. The molecule has 0 radical (unpaired) electrons. The van der Waals surface area contributed by atoms with Gasteiger partial charge in [0.25, 0.3) is 0 Å². The van der Waals surface area contributed by atoms with Crippen LogP contribution in [0.2, 0.25) is 0 Å². The number of nitrogens with zero attached hydrogens (tertiary/aromatic N) is 1. The van der Waals surface area contributed by atoms with Crippen molar-refractivity contribution < 1.29 is 23.9 Å². The Morgan fingerprint density at radius 3 is 2.03 bits per heavy atom. The largest absolute Gasteiger partial charge is 0.451 e. The predicted octanol–water partition coefficient (Wildman–Crippen LogP) is 2.90. The summed E-state index contributed by atoms with van der Waals surface area (Å²) in [6, 6.07) is 25.6. The van der Waals surface area contributed by atoms with Gasteiger partial charge in [-0.15, -0.1) is 11.8 Å². The maximum atomic E-state index is 13.3. The fourth-order valence-corrected chi connectivity index (χ4v) is 5.74. The first kappa shape index (κ1) is 23.8. The Kier molecular flexibility index (Phi) is 6.86. The Balaban J connectivity index is 1.30. The number of ether oxygens (including phenoxy) is 1. The van der Waals surface area contributed by atoms with E-state index in [9.17, 15) is 19.2 Å². The van der Waals surface area contributed by atoms with Gasteiger partial charge in [0, 0.05) is 0 Å². The van der Waals surface area contributed by atoms with Crippen molar-refractivity contribution in [3.05, 3.63) is 108 Å². The molecule has 36 heavy (non-hydrogen) atoms. The summed E-state index contributed by atoms with van der Waals surface area (Å²) in [4.78, 5) is 52.9. The van der Waals surface area contributed by atoms with Crippen molar-refractivity contribution in [2.45, 2.75) is 30.0 Å². The van der Waals surface area contributed by atoms with Crippen LogP contribution >= 0.6 is 11.8 Å². The molecule has 0 aromatic heterocycles. The van der Waals surface area contributed by atoms with Gasteiger partial charge in [0.1, 0.15) is 11.4 Å². The van der Waals surface area contributed by atoms with Gasteiger partial charge in [0.05, 0.1) is 12.2 Å². The quantitative estimate of drug-likeness (QED) is 0.305. The molecule has 2 amide bonds. The third-order valence-corrected chi connectivity index (χ3v) is 7.54. The van der Waals surface area contributed by atoms with Gasteiger partial charge >= 0.3 is 5.97 Å². The molecule has 0 saturated carbocycles. The molecule has 0 spiro atoms. The molecule has 8 heteroatoms. The van der Waals surface area contributed by atoms with E-state index in [4.69, 9.17) is 4.74 Å². The first-order valence-corrected chi connectivity index (χ1v) is 12.7. The van der Waals surface area contributed by atoms with E-state index in [2.05, 4.69) is 5.32 Å². The number of hydrogen-bond donors (Lipinski definition) is 1. The number of carbonyl (C=O) groups excluding carboxylic acids is 4. The van der Waals surface area contributed by atoms with Crippen molar-refractivity contribution in [3.63, 3.8) is 0 Å². The number of carbonyl (C=O) groups is 4. The summed E-state index contributed by atoms with van der Waals surface area (Å²) in [6.45, 7) is 0. The number of esters is 1. The fraction of sp³-hybridized carbons (Fsp3) is 0.214. The molecule has 0 bridgehead atoms. The van der Waals surface area contributed by atoms with Crippen LogP contribution in [0.4, 0.5) is 0 Å². The van der Waals surface area contributed by atoms with Crippen LogP contribution in [0.15, 0.2) is 91.0 Å². The van der Waals surface area contributed by atoms with E-state index in [1.165, 1.54) is 16.7 Å². The van der Waals surface area contributed by atoms with Gasteiger partial charge in [0.2, 0.25) is 11.8 Å². The Morgan fingerprint density at radius 2 is 1.44 bits per heavy atom. The third-order valence-electron chi connectivity index (χ3n) is 6.25. The highest BCUT2D eigenvalue weighted by Gasteiger charge is 2.58. The van der Waals surface area contributed by atoms with E-state index in [1.54, 1.807) is 0 Å². The van der Waals surface area contributed by atoms with Gasteiger partial charge in [0.15, 0.2) is 17.9 Å². The van der Waals surface area contributed by atoms with Crippen molar-refractivity contribution >= 4 is 35.3 Å². The highest BCUT2D eigenvalue weighted by atomic mass is 32.2. The molecule has 182 valence electrons. The van der Waals surface area contributed by atoms with Crippen LogP contribution in [0.3, 0.4) is 0 Å². The van der Waals surface area contributed by atoms with Crippen molar-refractivity contribution in [2.75, 3.05) is 5.75 Å². The summed E-state index contributed by atoms with van der Waals surface area (Å²) in [5.74, 6) is -1.85. The van der Waals surface area contributed by atoms with Gasteiger partial charge in [-0.3, -0.25) is 14.4 Å².